The first-order valence-electron chi connectivity index (χ1n) is 10.7. The number of nitrogens with zero attached hydrogens (tertiary/aromatic N) is 1. The summed E-state index contributed by atoms with van der Waals surface area (Å²) in [4.78, 5) is 16.8. The number of nitrogens with one attached hydrogen (secondary N) is 2. The number of halogens is 1. The molecule has 0 aliphatic carbocycles. The fraction of sp³-hybridized carbons (Fsp3) is 0.292. The van der Waals surface area contributed by atoms with E-state index in [1.807, 2.05) is 13.0 Å². The average Bonchev–Trinajstić information content (AvgIpc) is 3.15. The van der Waals surface area contributed by atoms with Crippen LogP contribution in [0.4, 0.5) is 5.00 Å². The minimum absolute atomic E-state index is 0.0556. The molecule has 0 saturated carbocycles. The highest BCUT2D eigenvalue weighted by atomic mass is 79.9. The Morgan fingerprint density at radius 2 is 2.06 bits per heavy atom. The van der Waals surface area contributed by atoms with Crippen LogP contribution in [0.1, 0.15) is 45.0 Å². The lowest BCUT2D eigenvalue weighted by atomic mass is 10.00. The molecule has 5 rings (SSSR count). The number of carbonyl (C=O) groups excluding carboxylic acids is 1. The lowest BCUT2D eigenvalue weighted by molar-refractivity contribution is 0.0934. The van der Waals surface area contributed by atoms with Gasteiger partial charge in [-0.1, -0.05) is 30.3 Å². The van der Waals surface area contributed by atoms with E-state index in [1.165, 1.54) is 16.0 Å². The highest BCUT2D eigenvalue weighted by Gasteiger charge is 2.33. The summed E-state index contributed by atoms with van der Waals surface area (Å²) in [7, 11) is 0. The third-order valence-electron chi connectivity index (χ3n) is 5.85. The van der Waals surface area contributed by atoms with Gasteiger partial charge in [0, 0.05) is 24.5 Å². The molecule has 3 aromatic rings. The number of fused-ring (bicyclic) bond motifs is 3. The maximum atomic E-state index is 13.1. The first-order chi connectivity index (χ1) is 15.5. The predicted octanol–water partition coefficient (Wildman–Crippen LogP) is 5.03. The number of aromatic hydroxyl groups is 1. The Morgan fingerprint density at radius 3 is 2.84 bits per heavy atom. The zero-order chi connectivity index (χ0) is 22.2. The van der Waals surface area contributed by atoms with Gasteiger partial charge in [0.2, 0.25) is 0 Å². The van der Waals surface area contributed by atoms with Crippen LogP contribution < -0.4 is 15.4 Å². The van der Waals surface area contributed by atoms with Crippen LogP contribution in [0.25, 0.3) is 0 Å². The van der Waals surface area contributed by atoms with Crippen LogP contribution >= 0.6 is 27.3 Å². The number of benzene rings is 2. The smallest absolute Gasteiger partial charge is 0.256 e. The van der Waals surface area contributed by atoms with E-state index < -0.39 is 6.17 Å². The van der Waals surface area contributed by atoms with Gasteiger partial charge in [0.25, 0.3) is 5.91 Å². The molecule has 2 aliphatic heterocycles. The van der Waals surface area contributed by atoms with Crippen molar-refractivity contribution in [3.05, 3.63) is 74.1 Å². The number of hydrogen-bond donors (Lipinski definition) is 3. The van der Waals surface area contributed by atoms with Gasteiger partial charge in [-0.25, -0.2) is 0 Å². The Bertz CT molecular complexity index is 1170. The van der Waals surface area contributed by atoms with Crippen LogP contribution in [0.15, 0.2) is 46.9 Å². The Morgan fingerprint density at radius 1 is 1.25 bits per heavy atom. The van der Waals surface area contributed by atoms with Crippen molar-refractivity contribution >= 4 is 38.2 Å². The molecule has 0 fully saturated rings. The van der Waals surface area contributed by atoms with E-state index in [9.17, 15) is 9.90 Å². The van der Waals surface area contributed by atoms with Gasteiger partial charge in [-0.15, -0.1) is 11.3 Å². The summed E-state index contributed by atoms with van der Waals surface area (Å²) in [5.74, 6) is 0.393. The van der Waals surface area contributed by atoms with Gasteiger partial charge in [-0.3, -0.25) is 9.69 Å². The number of ether oxygens (including phenoxy) is 1. The monoisotopic (exact) mass is 513 g/mol. The molecule has 6 nitrogen and oxygen atoms in total. The van der Waals surface area contributed by atoms with Gasteiger partial charge < -0.3 is 20.5 Å². The van der Waals surface area contributed by atoms with Crippen LogP contribution in [-0.4, -0.2) is 29.1 Å². The predicted molar refractivity (Wildman–Crippen MR) is 129 cm³/mol. The van der Waals surface area contributed by atoms with E-state index >= 15 is 0 Å². The van der Waals surface area contributed by atoms with Crippen molar-refractivity contribution in [3.8, 4) is 11.5 Å². The van der Waals surface area contributed by atoms with Gasteiger partial charge >= 0.3 is 0 Å². The van der Waals surface area contributed by atoms with E-state index in [-0.39, 0.29) is 11.7 Å². The van der Waals surface area contributed by atoms with E-state index in [4.69, 9.17) is 4.74 Å². The van der Waals surface area contributed by atoms with E-state index in [0.717, 1.165) is 42.2 Å². The minimum Gasteiger partial charge on any atom is -0.503 e. The summed E-state index contributed by atoms with van der Waals surface area (Å²) < 4.78 is 6.08. The average molecular weight is 514 g/mol. The van der Waals surface area contributed by atoms with Gasteiger partial charge in [0.15, 0.2) is 11.5 Å². The number of carbonyl (C=O) groups is 1. The highest BCUT2D eigenvalue weighted by molar-refractivity contribution is 9.10. The topological polar surface area (TPSA) is 73.8 Å². The highest BCUT2D eigenvalue weighted by Crippen LogP contribution is 2.43. The molecule has 1 aromatic heterocycles. The fourth-order valence-electron chi connectivity index (χ4n) is 4.34. The third-order valence-corrected chi connectivity index (χ3v) is 7.60. The maximum Gasteiger partial charge on any atom is 0.256 e. The second-order valence-electron chi connectivity index (χ2n) is 7.99. The van der Waals surface area contributed by atoms with Crippen LogP contribution in [0.3, 0.4) is 0 Å². The van der Waals surface area contributed by atoms with Crippen LogP contribution in [0.2, 0.25) is 0 Å². The van der Waals surface area contributed by atoms with Gasteiger partial charge in [0.05, 0.1) is 16.6 Å². The van der Waals surface area contributed by atoms with Gasteiger partial charge in [-0.2, -0.15) is 0 Å². The SMILES string of the molecule is CCOc1cc([C@@H]2NC(=O)c3c(sc4c3CCN(Cc3ccccc3)C4)N2)cc(Br)c1O. The normalized spacial score (nSPS) is 17.8. The molecule has 3 heterocycles. The van der Waals surface area contributed by atoms with Crippen LogP contribution in [0, 0.1) is 0 Å². The Labute approximate surface area is 199 Å². The molecule has 2 aromatic carbocycles. The fourth-order valence-corrected chi connectivity index (χ4v) is 6.11. The second kappa shape index (κ2) is 8.77. The van der Waals surface area contributed by atoms with E-state index in [1.54, 1.807) is 23.5 Å². The molecule has 0 radical (unpaired) electrons. The van der Waals surface area contributed by atoms with Gasteiger partial charge in [0.1, 0.15) is 11.2 Å². The molecule has 1 atom stereocenters. The standard InChI is InChI=1S/C24H24BrN3O3S/c1-2-31-18-11-15(10-17(25)21(18)29)22-26-23(30)20-16-8-9-28(12-14-6-4-3-5-7-14)13-19(16)32-24(20)27-22/h3-7,10-11,22,27,29H,2,8-9,12-13H2,1H3,(H,26,30)/t22-/m1/s1. The molecule has 0 saturated heterocycles. The number of hydrogen-bond acceptors (Lipinski definition) is 6. The first-order valence-corrected chi connectivity index (χ1v) is 12.3. The Kier molecular flexibility index (Phi) is 5.84. The largest absolute Gasteiger partial charge is 0.503 e. The van der Waals surface area contributed by atoms with Crippen LogP contribution in [-0.2, 0) is 19.5 Å². The number of phenolic OH excluding ortho intramolecular Hbond substituents is 1. The van der Waals surface area contributed by atoms with Crippen molar-refractivity contribution in [1.29, 1.82) is 0 Å². The Hall–Kier alpha value is -2.55. The molecule has 0 unspecified atom stereocenters. The zero-order valence-electron chi connectivity index (χ0n) is 17.7. The van der Waals surface area contributed by atoms with Crippen LogP contribution in [0.5, 0.6) is 11.5 Å². The number of rotatable bonds is 5. The molecule has 1 amide bonds. The first kappa shape index (κ1) is 21.3. The lowest BCUT2D eigenvalue weighted by Gasteiger charge is -2.29. The van der Waals surface area contributed by atoms with E-state index in [2.05, 4.69) is 55.7 Å². The summed E-state index contributed by atoms with van der Waals surface area (Å²) in [6.45, 7) is 5.00. The molecular formula is C24H24BrN3O3S. The molecule has 0 spiro atoms. The minimum atomic E-state index is -0.397. The van der Waals surface area contributed by atoms with Crippen molar-refractivity contribution in [3.63, 3.8) is 0 Å². The quantitative estimate of drug-likeness (QED) is 0.446. The summed E-state index contributed by atoms with van der Waals surface area (Å²) >= 11 is 5.06. The van der Waals surface area contributed by atoms with Crippen molar-refractivity contribution in [2.45, 2.75) is 32.6 Å². The summed E-state index contributed by atoms with van der Waals surface area (Å²) in [5, 5.41) is 17.7. The Balaban J connectivity index is 1.39. The number of amides is 1. The zero-order valence-corrected chi connectivity index (χ0v) is 20.1. The molecule has 2 aliphatic rings. The molecular weight excluding hydrogens is 490 g/mol. The van der Waals surface area contributed by atoms with Crippen molar-refractivity contribution in [2.24, 2.45) is 0 Å². The molecule has 0 bridgehead atoms. The van der Waals surface area contributed by atoms with Crippen molar-refractivity contribution < 1.29 is 14.6 Å². The van der Waals surface area contributed by atoms with E-state index in [0.29, 0.717) is 16.8 Å². The van der Waals surface area contributed by atoms with Crippen molar-refractivity contribution in [2.75, 3.05) is 18.5 Å². The maximum absolute atomic E-state index is 13.1. The molecule has 32 heavy (non-hydrogen) atoms. The van der Waals surface area contributed by atoms with Gasteiger partial charge in [-0.05, 0) is 58.1 Å². The molecule has 8 heteroatoms. The number of anilines is 1. The summed E-state index contributed by atoms with van der Waals surface area (Å²) in [5.41, 5.74) is 4.06. The number of thiophene rings is 1. The second-order valence-corrected chi connectivity index (χ2v) is 9.95. The summed E-state index contributed by atoms with van der Waals surface area (Å²) in [6.07, 6.45) is 0.471. The number of phenols is 1. The lowest BCUT2D eigenvalue weighted by Crippen LogP contribution is -2.38. The molecule has 166 valence electrons. The summed E-state index contributed by atoms with van der Waals surface area (Å²) in [6, 6.07) is 14.1. The van der Waals surface area contributed by atoms with Crippen molar-refractivity contribution in [1.82, 2.24) is 10.2 Å². The third kappa shape index (κ3) is 3.98. The molecule has 3 N–H and O–H groups in total.